The van der Waals surface area contributed by atoms with Gasteiger partial charge in [-0.15, -0.1) is 0 Å². The predicted octanol–water partition coefficient (Wildman–Crippen LogP) is 2.88. The molecule has 5 heteroatoms. The van der Waals surface area contributed by atoms with E-state index in [1.54, 1.807) is 0 Å². The Balaban J connectivity index is 1.65. The zero-order valence-corrected chi connectivity index (χ0v) is 12.3. The van der Waals surface area contributed by atoms with E-state index in [9.17, 15) is 4.79 Å². The molecule has 0 radical (unpaired) electrons. The second kappa shape index (κ2) is 7.31. The lowest BCUT2D eigenvalue weighted by molar-refractivity contribution is -0.143. The Bertz CT molecular complexity index is 450. The van der Waals surface area contributed by atoms with E-state index in [-0.39, 0.29) is 0 Å². The third-order valence-electron chi connectivity index (χ3n) is 3.47. The molecule has 1 aromatic carbocycles. The van der Waals surface area contributed by atoms with Crippen LogP contribution in [0.15, 0.2) is 24.3 Å². The van der Waals surface area contributed by atoms with Crippen LogP contribution in [0, 0.1) is 0 Å². The van der Waals surface area contributed by atoms with E-state index >= 15 is 0 Å². The topological polar surface area (TPSA) is 68.3 Å². The molecule has 0 aromatic heterocycles. The van der Waals surface area contributed by atoms with E-state index in [0.717, 1.165) is 30.9 Å². The minimum Gasteiger partial charge on any atom is -0.494 e. The summed E-state index contributed by atoms with van der Waals surface area (Å²) in [6.07, 6.45) is 3.30. The Morgan fingerprint density at radius 3 is 2.14 bits per heavy atom. The summed E-state index contributed by atoms with van der Waals surface area (Å²) >= 11 is 0. The fraction of sp³-hybridized carbons (Fsp3) is 0.562. The number of unbranched alkanes of at least 4 members (excludes halogenated alkanes) is 1. The van der Waals surface area contributed by atoms with Crippen molar-refractivity contribution in [2.24, 2.45) is 0 Å². The van der Waals surface area contributed by atoms with E-state index in [1.807, 2.05) is 24.3 Å². The van der Waals surface area contributed by atoms with Gasteiger partial charge in [0.2, 0.25) is 0 Å². The van der Waals surface area contributed by atoms with Crippen molar-refractivity contribution in [1.29, 1.82) is 0 Å². The molecule has 0 bridgehead atoms. The van der Waals surface area contributed by atoms with Gasteiger partial charge in [0.1, 0.15) is 11.5 Å². The highest BCUT2D eigenvalue weighted by Crippen LogP contribution is 2.32. The van der Waals surface area contributed by atoms with E-state index in [1.165, 1.54) is 0 Å². The molecule has 0 saturated carbocycles. The lowest BCUT2D eigenvalue weighted by atomic mass is 10.1. The number of carboxylic acids is 1. The molecule has 1 N–H and O–H groups in total. The van der Waals surface area contributed by atoms with Crippen LogP contribution in [-0.4, -0.2) is 36.5 Å². The van der Waals surface area contributed by atoms with Crippen LogP contribution in [0.2, 0.25) is 0 Å². The van der Waals surface area contributed by atoms with E-state index in [2.05, 4.69) is 6.92 Å². The molecule has 0 spiro atoms. The van der Waals surface area contributed by atoms with E-state index in [4.69, 9.17) is 19.3 Å². The number of hydrogen-bond acceptors (Lipinski definition) is 4. The Morgan fingerprint density at radius 2 is 1.71 bits per heavy atom. The number of hydrogen-bond donors (Lipinski definition) is 1. The maximum atomic E-state index is 10.9. The molecule has 21 heavy (non-hydrogen) atoms. The van der Waals surface area contributed by atoms with Crippen LogP contribution in [0.1, 0.15) is 32.6 Å². The second-order valence-corrected chi connectivity index (χ2v) is 5.21. The number of benzene rings is 1. The zero-order chi connectivity index (χ0) is 15.1. The molecule has 1 unspecified atom stereocenters. The lowest BCUT2D eigenvalue weighted by Crippen LogP contribution is -2.24. The minimum atomic E-state index is -0.944. The van der Waals surface area contributed by atoms with Crippen molar-refractivity contribution in [2.45, 2.75) is 38.2 Å². The van der Waals surface area contributed by atoms with Crippen LogP contribution in [0.4, 0.5) is 0 Å². The highest BCUT2D eigenvalue weighted by Gasteiger charge is 2.51. The monoisotopic (exact) mass is 294 g/mol. The van der Waals surface area contributed by atoms with Gasteiger partial charge in [0.05, 0.1) is 19.8 Å². The van der Waals surface area contributed by atoms with Gasteiger partial charge in [0.15, 0.2) is 5.60 Å². The molecule has 2 rings (SSSR count). The van der Waals surface area contributed by atoms with Gasteiger partial charge in [-0.1, -0.05) is 13.3 Å². The molecular formula is C16H22O5. The van der Waals surface area contributed by atoms with Gasteiger partial charge < -0.3 is 19.3 Å². The summed E-state index contributed by atoms with van der Waals surface area (Å²) in [5.74, 6) is 0.724. The molecule has 0 amide bonds. The molecule has 1 fully saturated rings. The van der Waals surface area contributed by atoms with Gasteiger partial charge in [0.25, 0.3) is 0 Å². The van der Waals surface area contributed by atoms with Crippen LogP contribution in [-0.2, 0) is 9.53 Å². The van der Waals surface area contributed by atoms with Crippen molar-refractivity contribution < 1.29 is 24.1 Å². The van der Waals surface area contributed by atoms with E-state index in [0.29, 0.717) is 26.1 Å². The maximum absolute atomic E-state index is 10.9. The predicted molar refractivity (Wildman–Crippen MR) is 77.9 cm³/mol. The van der Waals surface area contributed by atoms with E-state index < -0.39 is 11.6 Å². The maximum Gasteiger partial charge on any atom is 0.338 e. The molecule has 1 heterocycles. The summed E-state index contributed by atoms with van der Waals surface area (Å²) < 4.78 is 16.2. The second-order valence-electron chi connectivity index (χ2n) is 5.21. The van der Waals surface area contributed by atoms with Crippen molar-refractivity contribution in [3.8, 4) is 11.5 Å². The first kappa shape index (κ1) is 15.6. The smallest absolute Gasteiger partial charge is 0.338 e. The van der Waals surface area contributed by atoms with Crippen molar-refractivity contribution >= 4 is 5.97 Å². The molecular weight excluding hydrogens is 272 g/mol. The first-order valence-corrected chi connectivity index (χ1v) is 7.39. The highest BCUT2D eigenvalue weighted by atomic mass is 16.6. The quantitative estimate of drug-likeness (QED) is 0.531. The van der Waals surface area contributed by atoms with Gasteiger partial charge >= 0.3 is 5.97 Å². The van der Waals surface area contributed by atoms with Crippen molar-refractivity contribution in [3.63, 3.8) is 0 Å². The lowest BCUT2D eigenvalue weighted by Gasteiger charge is -2.09. The molecule has 1 aliphatic rings. The Labute approximate surface area is 124 Å². The number of carboxylic acid groups (broad SMARTS) is 1. The Kier molecular flexibility index (Phi) is 5.44. The standard InChI is InChI=1S/C16H22O5/c1-2-3-10-19-13-5-7-14(8-6-13)20-11-4-9-16(12-21-16)15(17)18/h5-8H,2-4,9-12H2,1H3,(H,17,18). The molecule has 1 aliphatic heterocycles. The summed E-state index contributed by atoms with van der Waals surface area (Å²) in [7, 11) is 0. The van der Waals surface area contributed by atoms with Gasteiger partial charge in [-0.25, -0.2) is 4.79 Å². The normalized spacial score (nSPS) is 20.0. The number of epoxide rings is 1. The molecule has 0 aliphatic carbocycles. The van der Waals surface area contributed by atoms with Gasteiger partial charge in [-0.2, -0.15) is 0 Å². The summed E-state index contributed by atoms with van der Waals surface area (Å²) in [4.78, 5) is 10.9. The molecule has 5 nitrogen and oxygen atoms in total. The number of ether oxygens (including phenoxy) is 3. The van der Waals surface area contributed by atoms with Crippen LogP contribution in [0.5, 0.6) is 11.5 Å². The van der Waals surface area contributed by atoms with Crippen LogP contribution in [0.25, 0.3) is 0 Å². The van der Waals surface area contributed by atoms with Crippen molar-refractivity contribution in [2.75, 3.05) is 19.8 Å². The molecule has 1 saturated heterocycles. The zero-order valence-electron chi connectivity index (χ0n) is 12.3. The summed E-state index contributed by atoms with van der Waals surface area (Å²) in [5, 5.41) is 8.96. The van der Waals surface area contributed by atoms with Gasteiger partial charge in [-0.05, 0) is 43.5 Å². The third kappa shape index (κ3) is 4.63. The third-order valence-corrected chi connectivity index (χ3v) is 3.47. The summed E-state index contributed by atoms with van der Waals surface area (Å²) in [5.41, 5.74) is -0.944. The minimum absolute atomic E-state index is 0.312. The largest absolute Gasteiger partial charge is 0.494 e. The SMILES string of the molecule is CCCCOc1ccc(OCCCC2(C(=O)O)CO2)cc1. The summed E-state index contributed by atoms with van der Waals surface area (Å²) in [6, 6.07) is 7.49. The van der Waals surface area contributed by atoms with Crippen molar-refractivity contribution in [1.82, 2.24) is 0 Å². The van der Waals surface area contributed by atoms with Crippen LogP contribution >= 0.6 is 0 Å². The molecule has 1 atom stereocenters. The number of carbonyl (C=O) groups is 1. The fourth-order valence-corrected chi connectivity index (χ4v) is 1.98. The first-order valence-electron chi connectivity index (χ1n) is 7.39. The average molecular weight is 294 g/mol. The first-order chi connectivity index (χ1) is 10.2. The average Bonchev–Trinajstić information content (AvgIpc) is 3.27. The Morgan fingerprint density at radius 1 is 1.19 bits per heavy atom. The van der Waals surface area contributed by atoms with Crippen LogP contribution < -0.4 is 9.47 Å². The Hall–Kier alpha value is -1.75. The van der Waals surface area contributed by atoms with Crippen LogP contribution in [0.3, 0.4) is 0 Å². The molecule has 1 aromatic rings. The number of aliphatic carboxylic acids is 1. The highest BCUT2D eigenvalue weighted by molar-refractivity contribution is 5.80. The molecule has 116 valence electrons. The summed E-state index contributed by atoms with van der Waals surface area (Å²) in [6.45, 7) is 3.65. The van der Waals surface area contributed by atoms with Gasteiger partial charge in [-0.3, -0.25) is 0 Å². The number of rotatable bonds is 10. The fourth-order valence-electron chi connectivity index (χ4n) is 1.98. The van der Waals surface area contributed by atoms with Crippen molar-refractivity contribution in [3.05, 3.63) is 24.3 Å². The van der Waals surface area contributed by atoms with Gasteiger partial charge in [0, 0.05) is 0 Å².